The number of carbonyl (C=O) groups is 1. The maximum atomic E-state index is 12.9. The average Bonchev–Trinajstić information content (AvgIpc) is 3.33. The van der Waals surface area contributed by atoms with Crippen molar-refractivity contribution in [2.24, 2.45) is 0 Å². The summed E-state index contributed by atoms with van der Waals surface area (Å²) >= 11 is 0. The molecule has 7 heteroatoms. The van der Waals surface area contributed by atoms with E-state index in [1.54, 1.807) is 7.11 Å². The third-order valence-corrected chi connectivity index (χ3v) is 7.28. The van der Waals surface area contributed by atoms with Crippen molar-refractivity contribution in [1.29, 1.82) is 0 Å². The fourth-order valence-corrected chi connectivity index (χ4v) is 5.22. The minimum absolute atomic E-state index is 0.106. The highest BCUT2D eigenvalue weighted by molar-refractivity contribution is 5.98. The van der Waals surface area contributed by atoms with Crippen LogP contribution in [-0.2, 0) is 11.2 Å². The molecule has 2 aromatic carbocycles. The predicted molar refractivity (Wildman–Crippen MR) is 140 cm³/mol. The number of rotatable bonds is 8. The van der Waals surface area contributed by atoms with Crippen LogP contribution in [0.3, 0.4) is 0 Å². The molecule has 1 amide bonds. The van der Waals surface area contributed by atoms with Gasteiger partial charge in [0.25, 0.3) is 5.91 Å². The highest BCUT2D eigenvalue weighted by atomic mass is 16.5. The van der Waals surface area contributed by atoms with Crippen molar-refractivity contribution in [3.05, 3.63) is 59.8 Å². The second-order valence-electron chi connectivity index (χ2n) is 9.44. The smallest absolute Gasteiger partial charge is 0.254 e. The fourth-order valence-electron chi connectivity index (χ4n) is 5.22. The lowest BCUT2D eigenvalue weighted by Gasteiger charge is -2.36. The van der Waals surface area contributed by atoms with Crippen LogP contribution in [0.5, 0.6) is 5.75 Å². The number of piperazine rings is 1. The van der Waals surface area contributed by atoms with Gasteiger partial charge >= 0.3 is 0 Å². The van der Waals surface area contributed by atoms with Crippen LogP contribution < -0.4 is 9.64 Å². The molecule has 186 valence electrons. The Hall–Kier alpha value is -3.03. The number of nitrogens with zero attached hydrogens (tertiary/aromatic N) is 3. The average molecular weight is 477 g/mol. The highest BCUT2D eigenvalue weighted by Gasteiger charge is 2.20. The Labute approximate surface area is 207 Å². The first-order chi connectivity index (χ1) is 17.2. The van der Waals surface area contributed by atoms with Gasteiger partial charge in [0.1, 0.15) is 5.75 Å². The number of para-hydroxylation sites is 2. The number of aryl methyl sites for hydroxylation is 1. The number of carbonyl (C=O) groups excluding carboxylic acids is 1. The number of anilines is 1. The fraction of sp³-hybridized carbons (Fsp3) is 0.464. The minimum Gasteiger partial charge on any atom is -0.495 e. The molecule has 0 radical (unpaired) electrons. The molecule has 2 fully saturated rings. The first-order valence-electron chi connectivity index (χ1n) is 12.8. The molecule has 2 saturated heterocycles. The lowest BCUT2D eigenvalue weighted by Crippen LogP contribution is -2.46. The Morgan fingerprint density at radius 1 is 1.00 bits per heavy atom. The van der Waals surface area contributed by atoms with Gasteiger partial charge in [0.15, 0.2) is 0 Å². The quantitative estimate of drug-likeness (QED) is 0.501. The number of methoxy groups -OCH3 is 1. The van der Waals surface area contributed by atoms with Crippen LogP contribution in [0.2, 0.25) is 0 Å². The summed E-state index contributed by atoms with van der Waals surface area (Å²) in [5.74, 6) is 1.06. The van der Waals surface area contributed by atoms with E-state index in [1.807, 2.05) is 29.2 Å². The number of amides is 1. The summed E-state index contributed by atoms with van der Waals surface area (Å²) in [4.78, 5) is 23.2. The normalized spacial score (nSPS) is 17.2. The molecular weight excluding hydrogens is 440 g/mol. The molecule has 1 aromatic heterocycles. The van der Waals surface area contributed by atoms with Crippen LogP contribution in [0.1, 0.15) is 28.8 Å². The lowest BCUT2D eigenvalue weighted by molar-refractivity contribution is 0.0303. The molecule has 7 nitrogen and oxygen atoms in total. The predicted octanol–water partition coefficient (Wildman–Crippen LogP) is 3.79. The number of nitrogens with one attached hydrogen (secondary N) is 1. The Balaban J connectivity index is 1.11. The van der Waals surface area contributed by atoms with Gasteiger partial charge in [-0.15, -0.1) is 0 Å². The molecule has 0 unspecified atom stereocenters. The lowest BCUT2D eigenvalue weighted by atomic mass is 10.0. The molecule has 2 aliphatic heterocycles. The summed E-state index contributed by atoms with van der Waals surface area (Å²) in [7, 11) is 1.74. The molecule has 0 bridgehead atoms. The summed E-state index contributed by atoms with van der Waals surface area (Å²) in [5.41, 5.74) is 4.37. The zero-order valence-electron chi connectivity index (χ0n) is 20.7. The minimum atomic E-state index is 0.106. The van der Waals surface area contributed by atoms with E-state index < -0.39 is 0 Å². The topological polar surface area (TPSA) is 61.0 Å². The Morgan fingerprint density at radius 2 is 1.80 bits per heavy atom. The number of fused-ring (bicyclic) bond motifs is 1. The molecule has 0 spiro atoms. The van der Waals surface area contributed by atoms with Crippen molar-refractivity contribution in [1.82, 2.24) is 14.8 Å². The monoisotopic (exact) mass is 476 g/mol. The Bertz CT molecular complexity index is 1130. The first kappa shape index (κ1) is 23.7. The molecule has 5 rings (SSSR count). The number of morpholine rings is 1. The number of aromatic amines is 1. The number of ether oxygens (including phenoxy) is 2. The SMILES string of the molecule is COc1ccccc1N1CCN(CCCCc2c[nH]c3ccc(C(=O)N4CCOCC4)cc23)CC1. The summed E-state index contributed by atoms with van der Waals surface area (Å²) in [6, 6.07) is 14.3. The van der Waals surface area contributed by atoms with Gasteiger partial charge in [0.05, 0.1) is 26.0 Å². The first-order valence-corrected chi connectivity index (χ1v) is 12.8. The van der Waals surface area contributed by atoms with E-state index in [1.165, 1.54) is 23.1 Å². The Kier molecular flexibility index (Phi) is 7.54. The van der Waals surface area contributed by atoms with Gasteiger partial charge in [-0.2, -0.15) is 0 Å². The summed E-state index contributed by atoms with van der Waals surface area (Å²) in [6.45, 7) is 7.94. The third-order valence-electron chi connectivity index (χ3n) is 7.28. The number of benzene rings is 2. The van der Waals surface area contributed by atoms with Crippen LogP contribution in [0.15, 0.2) is 48.7 Å². The number of H-pyrrole nitrogens is 1. The second-order valence-corrected chi connectivity index (χ2v) is 9.44. The van der Waals surface area contributed by atoms with Crippen LogP contribution in [0.4, 0.5) is 5.69 Å². The van der Waals surface area contributed by atoms with Gasteiger partial charge in [-0.3, -0.25) is 9.69 Å². The van der Waals surface area contributed by atoms with Gasteiger partial charge in [-0.1, -0.05) is 12.1 Å². The van der Waals surface area contributed by atoms with E-state index in [-0.39, 0.29) is 5.91 Å². The van der Waals surface area contributed by atoms with E-state index in [0.717, 1.165) is 62.4 Å². The van der Waals surface area contributed by atoms with Crippen LogP contribution in [0.25, 0.3) is 10.9 Å². The number of aromatic nitrogens is 1. The van der Waals surface area contributed by atoms with E-state index in [0.29, 0.717) is 26.3 Å². The summed E-state index contributed by atoms with van der Waals surface area (Å²) < 4.78 is 10.9. The van der Waals surface area contributed by atoms with Gasteiger partial charge < -0.3 is 24.3 Å². The van der Waals surface area contributed by atoms with Gasteiger partial charge in [0.2, 0.25) is 0 Å². The van der Waals surface area contributed by atoms with Gasteiger partial charge in [0, 0.05) is 61.9 Å². The highest BCUT2D eigenvalue weighted by Crippen LogP contribution is 2.28. The second kappa shape index (κ2) is 11.1. The molecule has 3 heterocycles. The molecule has 3 aromatic rings. The largest absolute Gasteiger partial charge is 0.495 e. The van der Waals surface area contributed by atoms with Gasteiger partial charge in [-0.25, -0.2) is 0 Å². The van der Waals surface area contributed by atoms with Crippen LogP contribution in [0, 0.1) is 0 Å². The van der Waals surface area contributed by atoms with Gasteiger partial charge in [-0.05, 0) is 61.7 Å². The maximum Gasteiger partial charge on any atom is 0.254 e. The van der Waals surface area contributed by atoms with Crippen molar-refractivity contribution in [2.45, 2.75) is 19.3 Å². The van der Waals surface area contributed by atoms with Crippen molar-refractivity contribution in [2.75, 3.05) is 71.0 Å². The van der Waals surface area contributed by atoms with E-state index in [9.17, 15) is 4.79 Å². The van der Waals surface area contributed by atoms with Crippen molar-refractivity contribution in [3.8, 4) is 5.75 Å². The zero-order chi connectivity index (χ0) is 24.0. The molecule has 35 heavy (non-hydrogen) atoms. The van der Waals surface area contributed by atoms with E-state index in [2.05, 4.69) is 39.2 Å². The van der Waals surface area contributed by atoms with Crippen LogP contribution in [-0.4, -0.2) is 86.8 Å². The molecule has 0 atom stereocenters. The Morgan fingerprint density at radius 3 is 2.60 bits per heavy atom. The molecular formula is C28H36N4O3. The molecule has 0 saturated carbocycles. The van der Waals surface area contributed by atoms with Crippen LogP contribution >= 0.6 is 0 Å². The molecule has 0 aliphatic carbocycles. The number of hydrogen-bond donors (Lipinski definition) is 1. The maximum absolute atomic E-state index is 12.9. The summed E-state index contributed by atoms with van der Waals surface area (Å²) in [6.07, 6.45) is 5.45. The standard InChI is InChI=1S/C28H36N4O3/c1-34-27-8-3-2-7-26(27)31-14-12-30(13-15-31)11-5-4-6-23-21-29-25-10-9-22(20-24(23)25)28(33)32-16-18-35-19-17-32/h2-3,7-10,20-21,29H,4-6,11-19H2,1H3. The summed E-state index contributed by atoms with van der Waals surface area (Å²) in [5, 5.41) is 1.18. The zero-order valence-corrected chi connectivity index (χ0v) is 20.7. The van der Waals surface area contributed by atoms with Crippen molar-refractivity contribution < 1.29 is 14.3 Å². The van der Waals surface area contributed by atoms with E-state index >= 15 is 0 Å². The van der Waals surface area contributed by atoms with Crippen molar-refractivity contribution >= 4 is 22.5 Å². The third kappa shape index (κ3) is 5.46. The molecule has 1 N–H and O–H groups in total. The van der Waals surface area contributed by atoms with E-state index in [4.69, 9.17) is 9.47 Å². The molecule has 2 aliphatic rings. The number of hydrogen-bond acceptors (Lipinski definition) is 5. The van der Waals surface area contributed by atoms with Crippen molar-refractivity contribution in [3.63, 3.8) is 0 Å². The number of unbranched alkanes of at least 4 members (excludes halogenated alkanes) is 1.